The zero-order valence-corrected chi connectivity index (χ0v) is 12.0. The molecule has 0 heterocycles. The predicted molar refractivity (Wildman–Crippen MR) is 71.7 cm³/mol. The van der Waals surface area contributed by atoms with E-state index in [2.05, 4.69) is 16.1 Å². The van der Waals surface area contributed by atoms with Gasteiger partial charge >= 0.3 is 12.1 Å². The van der Waals surface area contributed by atoms with Crippen LogP contribution in [0.1, 0.15) is 36.8 Å². The van der Waals surface area contributed by atoms with Crippen molar-refractivity contribution < 1.29 is 22.7 Å². The lowest BCUT2D eigenvalue weighted by Gasteiger charge is -2.46. The van der Waals surface area contributed by atoms with E-state index in [1.807, 2.05) is 25.1 Å². The molecule has 0 amide bonds. The summed E-state index contributed by atoms with van der Waals surface area (Å²) in [5.41, 5.74) is 1.05. The number of carbonyl (C=O) groups is 1. The van der Waals surface area contributed by atoms with Crippen LogP contribution in [0.4, 0.5) is 13.2 Å². The highest BCUT2D eigenvalue weighted by molar-refractivity contribution is 5.76. The number of aryl methyl sites for hydroxylation is 1. The van der Waals surface area contributed by atoms with Gasteiger partial charge in [0.15, 0.2) is 5.72 Å². The third kappa shape index (κ3) is 3.37. The highest BCUT2D eigenvalue weighted by atomic mass is 19.4. The number of nitrogens with one attached hydrogen (secondary N) is 1. The first kappa shape index (κ1) is 15.8. The Balaban J connectivity index is 2.03. The molecule has 1 aromatic carbocycles. The minimum absolute atomic E-state index is 0.102. The van der Waals surface area contributed by atoms with Crippen molar-refractivity contribution in [3.8, 4) is 0 Å². The van der Waals surface area contributed by atoms with E-state index in [0.717, 1.165) is 12.0 Å². The van der Waals surface area contributed by atoms with Gasteiger partial charge in [-0.1, -0.05) is 31.2 Å². The number of rotatable bonds is 4. The van der Waals surface area contributed by atoms with Gasteiger partial charge in [-0.2, -0.15) is 13.2 Å². The largest absolute Gasteiger partial charge is 0.490 e. The van der Waals surface area contributed by atoms with Gasteiger partial charge in [-0.05, 0) is 30.5 Å². The lowest BCUT2D eigenvalue weighted by Crippen LogP contribution is -2.57. The van der Waals surface area contributed by atoms with Gasteiger partial charge in [0.1, 0.15) is 0 Å². The molecule has 116 valence electrons. The molecule has 0 radical (unpaired) electrons. The van der Waals surface area contributed by atoms with Crippen LogP contribution in [0.15, 0.2) is 24.3 Å². The molecule has 1 aliphatic rings. The van der Waals surface area contributed by atoms with Crippen LogP contribution in [0.2, 0.25) is 0 Å². The maximum atomic E-state index is 12.3. The Kier molecular flexibility index (Phi) is 4.27. The Hall–Kier alpha value is -1.56. The van der Waals surface area contributed by atoms with Crippen LogP contribution in [0.25, 0.3) is 0 Å². The maximum Gasteiger partial charge on any atom is 0.490 e. The summed E-state index contributed by atoms with van der Waals surface area (Å²) in [7, 11) is 1.50. The summed E-state index contributed by atoms with van der Waals surface area (Å²) in [5.74, 6) is -2.04. The van der Waals surface area contributed by atoms with Crippen molar-refractivity contribution in [3.63, 3.8) is 0 Å². The van der Waals surface area contributed by atoms with Gasteiger partial charge in [0.25, 0.3) is 0 Å². The monoisotopic (exact) mass is 301 g/mol. The van der Waals surface area contributed by atoms with Gasteiger partial charge in [-0.15, -0.1) is 0 Å². The van der Waals surface area contributed by atoms with E-state index in [1.165, 1.54) is 12.6 Å². The second-order valence-electron chi connectivity index (χ2n) is 5.34. The quantitative estimate of drug-likeness (QED) is 0.686. The first-order chi connectivity index (χ1) is 9.79. The van der Waals surface area contributed by atoms with Crippen LogP contribution in [0, 0.1) is 0 Å². The fraction of sp³-hybridized carbons (Fsp3) is 0.533. The van der Waals surface area contributed by atoms with Crippen LogP contribution in [0.3, 0.4) is 0 Å². The molecule has 0 bridgehead atoms. The molecule has 0 aromatic heterocycles. The summed E-state index contributed by atoms with van der Waals surface area (Å²) in [6.07, 6.45) is -3.37. The van der Waals surface area contributed by atoms with E-state index in [-0.39, 0.29) is 5.92 Å². The zero-order chi connectivity index (χ0) is 15.7. The second kappa shape index (κ2) is 5.67. The summed E-state index contributed by atoms with van der Waals surface area (Å²) in [4.78, 5) is 11.0. The van der Waals surface area contributed by atoms with Gasteiger partial charge in [0.05, 0.1) is 0 Å². The number of halogens is 3. The standard InChI is InChI=1S/C15H18F3NO2/c1-3-10-5-4-6-11(7-10)12-8-14(9-12,19-2)21-13(20)15(16,17)18/h4-7,12,19H,3,8-9H2,1-2H3. The van der Waals surface area contributed by atoms with Crippen molar-refractivity contribution in [1.29, 1.82) is 0 Å². The van der Waals surface area contributed by atoms with Gasteiger partial charge in [-0.3, -0.25) is 5.32 Å². The first-order valence-electron chi connectivity index (χ1n) is 6.87. The van der Waals surface area contributed by atoms with Gasteiger partial charge in [0.2, 0.25) is 0 Å². The number of ether oxygens (including phenoxy) is 1. The van der Waals surface area contributed by atoms with Crippen molar-refractivity contribution in [3.05, 3.63) is 35.4 Å². The SMILES string of the molecule is CCc1cccc(C2CC(NC)(OC(=O)C(F)(F)F)C2)c1. The van der Waals surface area contributed by atoms with Gasteiger partial charge in [-0.25, -0.2) is 4.79 Å². The molecule has 1 saturated carbocycles. The third-order valence-electron chi connectivity index (χ3n) is 3.96. The summed E-state index contributed by atoms with van der Waals surface area (Å²) in [6.45, 7) is 2.04. The van der Waals surface area contributed by atoms with Gasteiger partial charge in [0, 0.05) is 12.8 Å². The molecule has 0 aliphatic heterocycles. The molecule has 3 nitrogen and oxygen atoms in total. The summed E-state index contributed by atoms with van der Waals surface area (Å²) in [6, 6.07) is 7.96. The highest BCUT2D eigenvalue weighted by Gasteiger charge is 2.52. The molecule has 2 rings (SSSR count). The minimum Gasteiger partial charge on any atom is -0.437 e. The van der Waals surface area contributed by atoms with Gasteiger partial charge < -0.3 is 4.74 Å². The Morgan fingerprint density at radius 2 is 2.10 bits per heavy atom. The number of hydrogen-bond donors (Lipinski definition) is 1. The Labute approximate surface area is 121 Å². The Morgan fingerprint density at radius 3 is 2.62 bits per heavy atom. The van der Waals surface area contributed by atoms with Crippen molar-refractivity contribution in [2.45, 2.75) is 44.0 Å². The number of alkyl halides is 3. The molecule has 6 heteroatoms. The molecule has 0 atom stereocenters. The topological polar surface area (TPSA) is 38.3 Å². The second-order valence-corrected chi connectivity index (χ2v) is 5.34. The Bertz CT molecular complexity index is 522. The number of esters is 1. The molecule has 0 saturated heterocycles. The van der Waals surface area contributed by atoms with Crippen LogP contribution in [-0.4, -0.2) is 24.9 Å². The molecular weight excluding hydrogens is 283 g/mol. The average molecular weight is 301 g/mol. The van der Waals surface area contributed by atoms with Crippen molar-refractivity contribution in [1.82, 2.24) is 5.32 Å². The molecule has 1 aromatic rings. The lowest BCUT2D eigenvalue weighted by atomic mass is 9.72. The maximum absolute atomic E-state index is 12.3. The average Bonchev–Trinajstić information content (AvgIpc) is 2.41. The van der Waals surface area contributed by atoms with E-state index in [1.54, 1.807) is 0 Å². The van der Waals surface area contributed by atoms with Crippen LogP contribution >= 0.6 is 0 Å². The fourth-order valence-electron chi connectivity index (χ4n) is 2.61. The molecule has 1 N–H and O–H groups in total. The molecule has 0 spiro atoms. The molecule has 0 unspecified atom stereocenters. The summed E-state index contributed by atoms with van der Waals surface area (Å²) in [5, 5.41) is 2.70. The first-order valence-corrected chi connectivity index (χ1v) is 6.87. The van der Waals surface area contributed by atoms with E-state index in [9.17, 15) is 18.0 Å². The van der Waals surface area contributed by atoms with E-state index < -0.39 is 17.9 Å². The van der Waals surface area contributed by atoms with E-state index in [4.69, 9.17) is 0 Å². The van der Waals surface area contributed by atoms with Crippen molar-refractivity contribution in [2.75, 3.05) is 7.05 Å². The molecular formula is C15H18F3NO2. The van der Waals surface area contributed by atoms with E-state index in [0.29, 0.717) is 12.8 Å². The van der Waals surface area contributed by atoms with Crippen LogP contribution in [-0.2, 0) is 16.0 Å². The van der Waals surface area contributed by atoms with Crippen molar-refractivity contribution >= 4 is 5.97 Å². The zero-order valence-electron chi connectivity index (χ0n) is 12.0. The lowest BCUT2D eigenvalue weighted by molar-refractivity contribution is -0.226. The third-order valence-corrected chi connectivity index (χ3v) is 3.96. The smallest absolute Gasteiger partial charge is 0.437 e. The van der Waals surface area contributed by atoms with E-state index >= 15 is 0 Å². The summed E-state index contributed by atoms with van der Waals surface area (Å²) >= 11 is 0. The normalized spacial score (nSPS) is 25.3. The summed E-state index contributed by atoms with van der Waals surface area (Å²) < 4.78 is 41.5. The minimum atomic E-state index is -4.96. The number of benzene rings is 1. The predicted octanol–water partition coefficient (Wildman–Crippen LogP) is 3.15. The molecule has 1 fully saturated rings. The van der Waals surface area contributed by atoms with Crippen LogP contribution in [0.5, 0.6) is 0 Å². The van der Waals surface area contributed by atoms with Crippen molar-refractivity contribution in [2.24, 2.45) is 0 Å². The van der Waals surface area contributed by atoms with Crippen LogP contribution < -0.4 is 5.32 Å². The molecule has 21 heavy (non-hydrogen) atoms. The highest BCUT2D eigenvalue weighted by Crippen LogP contribution is 2.46. The number of hydrogen-bond acceptors (Lipinski definition) is 3. The number of carbonyl (C=O) groups excluding carboxylic acids is 1. The fourth-order valence-corrected chi connectivity index (χ4v) is 2.61. The molecule has 1 aliphatic carbocycles. The Morgan fingerprint density at radius 1 is 1.43 bits per heavy atom.